The van der Waals surface area contributed by atoms with Crippen LogP contribution in [-0.2, 0) is 15.8 Å². The van der Waals surface area contributed by atoms with Crippen molar-refractivity contribution in [1.29, 1.82) is 0 Å². The Balaban J connectivity index is 2.16. The maximum Gasteiger partial charge on any atom is 0.416 e. The van der Waals surface area contributed by atoms with Gasteiger partial charge in [0.2, 0.25) is 11.8 Å². The highest BCUT2D eigenvalue weighted by Gasteiger charge is 2.46. The molecule has 3 rings (SSSR count). The van der Waals surface area contributed by atoms with Gasteiger partial charge in [-0.25, -0.2) is 0 Å². The van der Waals surface area contributed by atoms with Crippen LogP contribution in [0.4, 0.5) is 13.2 Å². The van der Waals surface area contributed by atoms with Crippen LogP contribution in [0.1, 0.15) is 21.9 Å². The van der Waals surface area contributed by atoms with Gasteiger partial charge in [0.05, 0.1) is 16.5 Å². The lowest BCUT2D eigenvalue weighted by atomic mass is 9.81. The summed E-state index contributed by atoms with van der Waals surface area (Å²) < 4.78 is 38.4. The first-order chi connectivity index (χ1) is 12.1. The van der Waals surface area contributed by atoms with E-state index in [1.807, 2.05) is 0 Å². The van der Waals surface area contributed by atoms with Crippen LogP contribution in [0.2, 0.25) is 0 Å². The van der Waals surface area contributed by atoms with Crippen LogP contribution in [0, 0.1) is 5.92 Å². The lowest BCUT2D eigenvalue weighted by Crippen LogP contribution is -2.45. The van der Waals surface area contributed by atoms with E-state index in [-0.39, 0.29) is 0 Å². The van der Waals surface area contributed by atoms with Gasteiger partial charge in [-0.15, -0.1) is 0 Å². The molecular weight excluding hydrogens is 391 g/mol. The van der Waals surface area contributed by atoms with E-state index in [0.717, 1.165) is 35.2 Å². The minimum atomic E-state index is -4.51. The summed E-state index contributed by atoms with van der Waals surface area (Å²) in [6.45, 7) is 0. The summed E-state index contributed by atoms with van der Waals surface area (Å²) in [7, 11) is 0. The number of aromatic amines is 1. The van der Waals surface area contributed by atoms with E-state index in [1.54, 1.807) is 0 Å². The number of carbonyl (C=O) groups is 2. The minimum absolute atomic E-state index is 0.338. The van der Waals surface area contributed by atoms with Crippen molar-refractivity contribution in [1.82, 2.24) is 4.98 Å². The average molecular weight is 403 g/mol. The van der Waals surface area contributed by atoms with E-state index >= 15 is 0 Å². The number of fused-ring (bicyclic) bond motifs is 1. The summed E-state index contributed by atoms with van der Waals surface area (Å²) in [5.74, 6) is -3.55. The molecule has 0 unspecified atom stereocenters. The van der Waals surface area contributed by atoms with Gasteiger partial charge < -0.3 is 16.5 Å². The molecule has 11 heteroatoms. The molecule has 2 amide bonds. The third kappa shape index (κ3) is 3.23. The van der Waals surface area contributed by atoms with Crippen LogP contribution in [0.5, 0.6) is 0 Å². The van der Waals surface area contributed by atoms with Gasteiger partial charge in [0.1, 0.15) is 5.25 Å². The van der Waals surface area contributed by atoms with Crippen LogP contribution >= 0.6 is 23.1 Å². The molecule has 0 saturated carbocycles. The molecule has 2 aromatic rings. The summed E-state index contributed by atoms with van der Waals surface area (Å²) in [5, 5.41) is -0.677. The summed E-state index contributed by atoms with van der Waals surface area (Å²) in [6.07, 6.45) is -4.51. The second-order valence-electron chi connectivity index (χ2n) is 5.67. The standard InChI is InChI=1S/C15H12F3N3O3S2/c16-15(17,18)6-3-1-5(2-4-6)7-8(11(19)22)9(12(20)23)25-13-10(7)26-14(24)21-13/h1-4,7-9H,(H2,19,22)(H2,20,23)(H,21,24)/t7-,8+,9+/m1/s1. The first-order valence-electron chi connectivity index (χ1n) is 7.25. The predicted molar refractivity (Wildman–Crippen MR) is 89.8 cm³/mol. The number of primary amides is 2. The Morgan fingerprint density at radius 2 is 1.69 bits per heavy atom. The number of aromatic nitrogens is 1. The monoisotopic (exact) mass is 403 g/mol. The van der Waals surface area contributed by atoms with Crippen LogP contribution in [-0.4, -0.2) is 22.0 Å². The van der Waals surface area contributed by atoms with Gasteiger partial charge >= 0.3 is 11.0 Å². The van der Waals surface area contributed by atoms with Crippen molar-refractivity contribution in [2.45, 2.75) is 22.4 Å². The molecule has 1 aromatic carbocycles. The number of thioether (sulfide) groups is 1. The first kappa shape index (κ1) is 18.5. The highest BCUT2D eigenvalue weighted by Crippen LogP contribution is 2.49. The zero-order valence-electron chi connectivity index (χ0n) is 12.9. The summed E-state index contributed by atoms with van der Waals surface area (Å²) >= 11 is 1.75. The largest absolute Gasteiger partial charge is 0.416 e. The lowest BCUT2D eigenvalue weighted by molar-refractivity contribution is -0.137. The first-order valence-corrected chi connectivity index (χ1v) is 8.94. The number of benzene rings is 1. The number of H-pyrrole nitrogens is 1. The summed E-state index contributed by atoms with van der Waals surface area (Å²) in [5.41, 5.74) is 10.3. The fourth-order valence-corrected chi connectivity index (χ4v) is 5.39. The fourth-order valence-electron chi connectivity index (χ4n) is 2.94. The Morgan fingerprint density at radius 3 is 2.19 bits per heavy atom. The number of thiazole rings is 1. The quantitative estimate of drug-likeness (QED) is 0.722. The third-order valence-electron chi connectivity index (χ3n) is 4.06. The normalized spacial score (nSPS) is 22.7. The molecular formula is C15H12F3N3O3S2. The maximum absolute atomic E-state index is 12.8. The topological polar surface area (TPSA) is 119 Å². The van der Waals surface area contributed by atoms with Crippen molar-refractivity contribution in [3.8, 4) is 0 Å². The van der Waals surface area contributed by atoms with Crippen molar-refractivity contribution >= 4 is 34.9 Å². The van der Waals surface area contributed by atoms with Crippen LogP contribution in [0.25, 0.3) is 0 Å². The molecule has 138 valence electrons. The van der Waals surface area contributed by atoms with Gasteiger partial charge in [0.15, 0.2) is 0 Å². The molecule has 0 aliphatic carbocycles. The van der Waals surface area contributed by atoms with Crippen molar-refractivity contribution in [3.05, 3.63) is 49.9 Å². The number of halogens is 3. The van der Waals surface area contributed by atoms with Crippen molar-refractivity contribution in [2.75, 3.05) is 0 Å². The molecule has 26 heavy (non-hydrogen) atoms. The SMILES string of the molecule is NC(=O)[C@H]1[C@@H](c2ccc(C(F)(F)F)cc2)c2sc(=O)[nH]c2S[C@@H]1C(N)=O. The molecule has 0 spiro atoms. The van der Waals surface area contributed by atoms with Crippen LogP contribution < -0.4 is 16.3 Å². The van der Waals surface area contributed by atoms with E-state index < -0.39 is 45.5 Å². The van der Waals surface area contributed by atoms with Gasteiger partial charge in [-0.3, -0.25) is 14.4 Å². The number of alkyl halides is 3. The smallest absolute Gasteiger partial charge is 0.369 e. The molecule has 0 saturated heterocycles. The summed E-state index contributed by atoms with van der Waals surface area (Å²) in [6, 6.07) is 4.18. The number of hydrogen-bond acceptors (Lipinski definition) is 5. The van der Waals surface area contributed by atoms with Crippen molar-refractivity contribution in [3.63, 3.8) is 0 Å². The van der Waals surface area contributed by atoms with E-state index in [9.17, 15) is 27.6 Å². The number of nitrogens with two attached hydrogens (primary N) is 2. The summed E-state index contributed by atoms with van der Waals surface area (Å²) in [4.78, 5) is 38.2. The van der Waals surface area contributed by atoms with Gasteiger partial charge in [-0.05, 0) is 17.7 Å². The van der Waals surface area contributed by atoms with Gasteiger partial charge in [0, 0.05) is 10.8 Å². The van der Waals surface area contributed by atoms with E-state index in [0.29, 0.717) is 15.5 Å². The Bertz CT molecular complexity index is 921. The van der Waals surface area contributed by atoms with E-state index in [2.05, 4.69) is 4.98 Å². The third-order valence-corrected chi connectivity index (χ3v) is 6.49. The molecule has 2 heterocycles. The van der Waals surface area contributed by atoms with Gasteiger partial charge in [-0.2, -0.15) is 13.2 Å². The molecule has 1 aromatic heterocycles. The predicted octanol–water partition coefficient (Wildman–Crippen LogP) is 1.65. The van der Waals surface area contributed by atoms with Crippen LogP contribution in [0.3, 0.4) is 0 Å². The molecule has 6 nitrogen and oxygen atoms in total. The Labute approximate surface area is 152 Å². The number of carbonyl (C=O) groups excluding carboxylic acids is 2. The Hall–Kier alpha value is -2.27. The molecule has 5 N–H and O–H groups in total. The zero-order valence-corrected chi connectivity index (χ0v) is 14.5. The molecule has 0 fully saturated rings. The lowest BCUT2D eigenvalue weighted by Gasteiger charge is -2.33. The van der Waals surface area contributed by atoms with Crippen molar-refractivity contribution in [2.24, 2.45) is 17.4 Å². The molecule has 1 aliphatic rings. The van der Waals surface area contributed by atoms with Crippen molar-refractivity contribution < 1.29 is 22.8 Å². The Kier molecular flexibility index (Phi) is 4.61. The minimum Gasteiger partial charge on any atom is -0.369 e. The van der Waals surface area contributed by atoms with Gasteiger partial charge in [-0.1, -0.05) is 35.2 Å². The zero-order chi connectivity index (χ0) is 19.2. The maximum atomic E-state index is 12.8. The highest BCUT2D eigenvalue weighted by atomic mass is 32.2. The van der Waals surface area contributed by atoms with Crippen LogP contribution in [0.15, 0.2) is 34.1 Å². The second kappa shape index (κ2) is 6.47. The number of amides is 2. The van der Waals surface area contributed by atoms with E-state index in [4.69, 9.17) is 11.5 Å². The fraction of sp³-hybridized carbons (Fsp3) is 0.267. The second-order valence-corrected chi connectivity index (χ2v) is 7.84. The molecule has 3 atom stereocenters. The highest BCUT2D eigenvalue weighted by molar-refractivity contribution is 8.00. The number of hydrogen-bond donors (Lipinski definition) is 3. The van der Waals surface area contributed by atoms with Gasteiger partial charge in [0.25, 0.3) is 0 Å². The van der Waals surface area contributed by atoms with E-state index in [1.165, 1.54) is 12.1 Å². The Morgan fingerprint density at radius 1 is 1.08 bits per heavy atom. The molecule has 0 radical (unpaired) electrons. The molecule has 1 aliphatic heterocycles. The number of rotatable bonds is 3. The number of nitrogens with one attached hydrogen (secondary N) is 1. The molecule has 0 bridgehead atoms. The average Bonchev–Trinajstić information content (AvgIpc) is 2.92.